The number of ether oxygens (including phenoxy) is 1. The van der Waals surface area contributed by atoms with Gasteiger partial charge in [0, 0.05) is 12.2 Å². The van der Waals surface area contributed by atoms with Crippen LogP contribution in [0.1, 0.15) is 24.8 Å². The van der Waals surface area contributed by atoms with Gasteiger partial charge in [0.05, 0.1) is 23.6 Å². The van der Waals surface area contributed by atoms with Crippen LogP contribution >= 0.6 is 0 Å². The molecule has 1 fully saturated rings. The van der Waals surface area contributed by atoms with Crippen molar-refractivity contribution in [2.45, 2.75) is 49.3 Å². The van der Waals surface area contributed by atoms with Crippen LogP contribution in [0.5, 0.6) is 0 Å². The fourth-order valence-electron chi connectivity index (χ4n) is 3.70. The second kappa shape index (κ2) is 10.9. The van der Waals surface area contributed by atoms with Crippen LogP contribution in [0.3, 0.4) is 0 Å². The number of aliphatic hydroxyl groups is 1. The van der Waals surface area contributed by atoms with E-state index >= 15 is 0 Å². The smallest absolute Gasteiger partial charge is 0.319 e. The first kappa shape index (κ1) is 24.1. The van der Waals surface area contributed by atoms with Crippen molar-refractivity contribution in [3.8, 4) is 0 Å². The molecule has 0 aliphatic carbocycles. The highest BCUT2D eigenvalue weighted by molar-refractivity contribution is 7.89. The molecule has 0 unspecified atom stereocenters. The molecule has 0 aromatic heterocycles. The maximum atomic E-state index is 13.3. The molecule has 10 heteroatoms. The number of benzene rings is 2. The van der Waals surface area contributed by atoms with Crippen molar-refractivity contribution in [3.05, 3.63) is 59.9 Å². The predicted molar refractivity (Wildman–Crippen MR) is 118 cm³/mol. The van der Waals surface area contributed by atoms with Gasteiger partial charge in [0.2, 0.25) is 10.0 Å². The summed E-state index contributed by atoms with van der Waals surface area (Å²) < 4.78 is 46.7. The topological polar surface area (TPSA) is 117 Å². The van der Waals surface area contributed by atoms with Gasteiger partial charge in [-0.2, -0.15) is 0 Å². The number of rotatable bonds is 8. The third kappa shape index (κ3) is 6.49. The lowest BCUT2D eigenvalue weighted by molar-refractivity contribution is -0.0884. The molecule has 2 aromatic carbocycles. The van der Waals surface area contributed by atoms with Crippen LogP contribution in [-0.4, -0.2) is 51.0 Å². The molecule has 174 valence electrons. The van der Waals surface area contributed by atoms with Crippen LogP contribution in [0.15, 0.2) is 53.4 Å². The summed E-state index contributed by atoms with van der Waals surface area (Å²) in [7, 11) is -3.62. The lowest BCUT2D eigenvalue weighted by atomic mass is 9.97. The van der Waals surface area contributed by atoms with Gasteiger partial charge in [-0.25, -0.2) is 22.3 Å². The highest BCUT2D eigenvalue weighted by Crippen LogP contribution is 2.22. The molecule has 1 aliphatic heterocycles. The molecule has 0 spiro atoms. The summed E-state index contributed by atoms with van der Waals surface area (Å²) in [6, 6.07) is 11.3. The van der Waals surface area contributed by atoms with Crippen LogP contribution in [0.4, 0.5) is 14.9 Å². The van der Waals surface area contributed by atoms with Crippen molar-refractivity contribution >= 4 is 21.7 Å². The van der Waals surface area contributed by atoms with Crippen molar-refractivity contribution in [2.75, 3.05) is 18.5 Å². The molecular weight excluding hydrogens is 437 g/mol. The number of amides is 2. The van der Waals surface area contributed by atoms with E-state index in [1.54, 1.807) is 37.3 Å². The normalized spacial score (nSPS) is 21.2. The Morgan fingerprint density at radius 1 is 1.19 bits per heavy atom. The molecule has 2 amide bonds. The quantitative estimate of drug-likeness (QED) is 0.478. The van der Waals surface area contributed by atoms with E-state index in [9.17, 15) is 22.7 Å². The zero-order valence-electron chi connectivity index (χ0n) is 17.8. The zero-order valence-corrected chi connectivity index (χ0v) is 18.6. The average Bonchev–Trinajstić information content (AvgIpc) is 2.74. The van der Waals surface area contributed by atoms with Gasteiger partial charge in [0.1, 0.15) is 11.9 Å². The number of nitrogens with one attached hydrogen (secondary N) is 3. The molecule has 32 heavy (non-hydrogen) atoms. The summed E-state index contributed by atoms with van der Waals surface area (Å²) in [4.78, 5) is 12.5. The van der Waals surface area contributed by atoms with Crippen molar-refractivity contribution in [3.63, 3.8) is 0 Å². The van der Waals surface area contributed by atoms with Gasteiger partial charge in [-0.15, -0.1) is 0 Å². The van der Waals surface area contributed by atoms with E-state index < -0.39 is 34.0 Å². The Bertz CT molecular complexity index is 1030. The highest BCUT2D eigenvalue weighted by atomic mass is 32.2. The fourth-order valence-corrected chi connectivity index (χ4v) is 4.99. The minimum Gasteiger partial charge on any atom is -0.394 e. The number of aryl methyl sites for hydroxylation is 1. The van der Waals surface area contributed by atoms with E-state index in [1.165, 1.54) is 18.2 Å². The lowest BCUT2D eigenvalue weighted by Gasteiger charge is -2.36. The van der Waals surface area contributed by atoms with Crippen molar-refractivity contribution in [1.82, 2.24) is 10.0 Å². The lowest BCUT2D eigenvalue weighted by Crippen LogP contribution is -2.52. The number of anilines is 1. The average molecular weight is 466 g/mol. The molecule has 1 aliphatic rings. The molecule has 0 saturated carbocycles. The van der Waals surface area contributed by atoms with Gasteiger partial charge < -0.3 is 20.5 Å². The Labute approximate surface area is 187 Å². The number of sulfonamides is 1. The molecule has 3 rings (SSSR count). The summed E-state index contributed by atoms with van der Waals surface area (Å²) in [6.07, 6.45) is 0.699. The van der Waals surface area contributed by atoms with Crippen LogP contribution in [-0.2, 0) is 14.8 Å². The van der Waals surface area contributed by atoms with Gasteiger partial charge in [-0.05, 0) is 56.0 Å². The van der Waals surface area contributed by atoms with E-state index in [2.05, 4.69) is 15.4 Å². The fraction of sp³-hybridized carbons (Fsp3) is 0.409. The molecule has 8 nitrogen and oxygen atoms in total. The minimum atomic E-state index is -3.62. The maximum absolute atomic E-state index is 13.3. The Balaban J connectivity index is 1.47. The number of halogens is 1. The first-order valence-electron chi connectivity index (χ1n) is 10.4. The molecule has 0 bridgehead atoms. The number of hydrogen-bond donors (Lipinski definition) is 4. The van der Waals surface area contributed by atoms with Crippen molar-refractivity contribution in [2.24, 2.45) is 0 Å². The van der Waals surface area contributed by atoms with Gasteiger partial charge in [-0.3, -0.25) is 0 Å². The summed E-state index contributed by atoms with van der Waals surface area (Å²) in [5.41, 5.74) is 0.985. The predicted octanol–water partition coefficient (Wildman–Crippen LogP) is 2.53. The summed E-state index contributed by atoms with van der Waals surface area (Å²) in [6.45, 7) is 1.64. The van der Waals surface area contributed by atoms with Crippen LogP contribution < -0.4 is 15.4 Å². The number of hydrogen-bond acceptors (Lipinski definition) is 5. The van der Waals surface area contributed by atoms with Crippen LogP contribution in [0, 0.1) is 12.7 Å². The van der Waals surface area contributed by atoms with Crippen LogP contribution in [0.2, 0.25) is 0 Å². The number of aliphatic hydroxyl groups excluding tert-OH is 1. The standard InChI is InChI=1S/C22H28FN3O5S/c1-15-5-2-3-8-21(15)32(29,30)24-12-11-18-9-10-19(20(14-27)31-18)26-22(28)25-17-7-4-6-16(23)13-17/h2-8,13,18-20,24,27H,9-12,14H2,1H3,(H2,25,26,28)/t18-,19-,20+/m0/s1. The second-order valence-electron chi connectivity index (χ2n) is 7.72. The molecule has 4 N–H and O–H groups in total. The Hall–Kier alpha value is -2.53. The first-order chi connectivity index (χ1) is 15.3. The molecule has 2 aromatic rings. The Morgan fingerprint density at radius 3 is 2.69 bits per heavy atom. The third-order valence-corrected chi connectivity index (χ3v) is 6.96. The number of urea groups is 1. The summed E-state index contributed by atoms with van der Waals surface area (Å²) >= 11 is 0. The molecule has 1 heterocycles. The molecule has 0 radical (unpaired) electrons. The molecule has 1 saturated heterocycles. The van der Waals surface area contributed by atoms with E-state index in [0.29, 0.717) is 30.5 Å². The van der Waals surface area contributed by atoms with E-state index in [-0.39, 0.29) is 24.2 Å². The Morgan fingerprint density at radius 2 is 1.97 bits per heavy atom. The van der Waals surface area contributed by atoms with E-state index in [0.717, 1.165) is 0 Å². The largest absolute Gasteiger partial charge is 0.394 e. The minimum absolute atomic E-state index is 0.192. The van der Waals surface area contributed by atoms with E-state index in [1.807, 2.05) is 0 Å². The van der Waals surface area contributed by atoms with Crippen molar-refractivity contribution < 1.29 is 27.4 Å². The van der Waals surface area contributed by atoms with Gasteiger partial charge in [0.15, 0.2) is 0 Å². The number of carbonyl (C=O) groups excluding carboxylic acids is 1. The highest BCUT2D eigenvalue weighted by Gasteiger charge is 2.32. The summed E-state index contributed by atoms with van der Waals surface area (Å²) in [5.74, 6) is -0.460. The Kier molecular flexibility index (Phi) is 8.19. The second-order valence-corrected chi connectivity index (χ2v) is 9.46. The third-order valence-electron chi connectivity index (χ3n) is 5.34. The van der Waals surface area contributed by atoms with Crippen LogP contribution in [0.25, 0.3) is 0 Å². The summed E-state index contributed by atoms with van der Waals surface area (Å²) in [5, 5.41) is 15.0. The first-order valence-corrected chi connectivity index (χ1v) is 11.9. The molecule has 3 atom stereocenters. The SMILES string of the molecule is Cc1ccccc1S(=O)(=O)NCC[C@@H]1CC[C@H](NC(=O)Nc2cccc(F)c2)[C@@H](CO)O1. The van der Waals surface area contributed by atoms with E-state index in [4.69, 9.17) is 4.74 Å². The monoisotopic (exact) mass is 465 g/mol. The van der Waals surface area contributed by atoms with Gasteiger partial charge in [0.25, 0.3) is 0 Å². The number of carbonyl (C=O) groups is 1. The maximum Gasteiger partial charge on any atom is 0.319 e. The van der Waals surface area contributed by atoms with Crippen molar-refractivity contribution in [1.29, 1.82) is 0 Å². The van der Waals surface area contributed by atoms with Gasteiger partial charge >= 0.3 is 6.03 Å². The van der Waals surface area contributed by atoms with Gasteiger partial charge in [-0.1, -0.05) is 24.3 Å². The molecular formula is C22H28FN3O5S. The zero-order chi connectivity index (χ0) is 23.1.